The van der Waals surface area contributed by atoms with E-state index in [1.54, 1.807) is 12.1 Å². The second kappa shape index (κ2) is 5.24. The highest BCUT2D eigenvalue weighted by molar-refractivity contribution is 5.68. The van der Waals surface area contributed by atoms with Gasteiger partial charge in [0.15, 0.2) is 12.3 Å². The highest BCUT2D eigenvalue weighted by Crippen LogP contribution is 2.12. The van der Waals surface area contributed by atoms with Crippen molar-refractivity contribution >= 4 is 5.97 Å². The predicted molar refractivity (Wildman–Crippen MR) is 56.8 cm³/mol. The van der Waals surface area contributed by atoms with Gasteiger partial charge in [-0.2, -0.15) is 4.80 Å². The molecule has 2 aromatic rings. The fraction of sp³-hybridized carbons (Fsp3) is 0.400. The molecule has 0 saturated carbocycles. The molecule has 0 aliphatic rings. The summed E-state index contributed by atoms with van der Waals surface area (Å²) in [6.45, 7) is 2.28. The van der Waals surface area contributed by atoms with Crippen LogP contribution >= 0.6 is 0 Å². The Labute approximate surface area is 97.4 Å². The van der Waals surface area contributed by atoms with Crippen LogP contribution in [0.3, 0.4) is 0 Å². The number of furan rings is 1. The molecule has 0 saturated heterocycles. The van der Waals surface area contributed by atoms with Crippen molar-refractivity contribution in [2.75, 3.05) is 6.61 Å². The minimum absolute atomic E-state index is 0.0479. The quantitative estimate of drug-likeness (QED) is 0.717. The molecule has 7 heteroatoms. The fourth-order valence-electron chi connectivity index (χ4n) is 1.19. The van der Waals surface area contributed by atoms with E-state index in [0.29, 0.717) is 18.2 Å². The van der Waals surface area contributed by atoms with Crippen LogP contribution in [0.5, 0.6) is 0 Å². The molecule has 2 rings (SSSR count). The van der Waals surface area contributed by atoms with E-state index in [2.05, 4.69) is 15.4 Å². The van der Waals surface area contributed by atoms with Crippen LogP contribution < -0.4 is 0 Å². The van der Waals surface area contributed by atoms with Gasteiger partial charge in [-0.25, -0.2) is 4.79 Å². The zero-order valence-electron chi connectivity index (χ0n) is 9.37. The maximum absolute atomic E-state index is 11.3. The van der Waals surface area contributed by atoms with Gasteiger partial charge in [-0.05, 0) is 23.8 Å². The van der Waals surface area contributed by atoms with E-state index >= 15 is 0 Å². The largest absolute Gasteiger partial charge is 0.464 e. The molecule has 17 heavy (non-hydrogen) atoms. The van der Waals surface area contributed by atoms with Gasteiger partial charge < -0.3 is 9.15 Å². The molecule has 2 aromatic heterocycles. The van der Waals surface area contributed by atoms with Crippen molar-refractivity contribution in [1.82, 2.24) is 20.2 Å². The number of hydrogen-bond donors (Lipinski definition) is 0. The standard InChI is InChI=1S/C10H12N4O3/c1-2-5-17-9(15)7-14-12-10(11-13-14)8-4-3-6-16-8/h3-4,6H,2,5,7H2,1H3. The Morgan fingerprint density at radius 3 is 3.18 bits per heavy atom. The van der Waals surface area contributed by atoms with Gasteiger partial charge in [-0.3, -0.25) is 0 Å². The zero-order valence-corrected chi connectivity index (χ0v) is 9.37. The first kappa shape index (κ1) is 11.3. The molecule has 90 valence electrons. The molecule has 0 amide bonds. The second-order valence-electron chi connectivity index (χ2n) is 3.34. The summed E-state index contributed by atoms with van der Waals surface area (Å²) in [5, 5.41) is 11.5. The SMILES string of the molecule is CCCOC(=O)Cn1nnc(-c2ccco2)n1. The molecule has 0 unspecified atom stereocenters. The number of rotatable bonds is 5. The first-order valence-corrected chi connectivity index (χ1v) is 5.27. The fourth-order valence-corrected chi connectivity index (χ4v) is 1.19. The zero-order chi connectivity index (χ0) is 12.1. The summed E-state index contributed by atoms with van der Waals surface area (Å²) in [6, 6.07) is 3.45. The van der Waals surface area contributed by atoms with Crippen molar-refractivity contribution in [3.8, 4) is 11.6 Å². The summed E-state index contributed by atoms with van der Waals surface area (Å²) in [4.78, 5) is 12.5. The Morgan fingerprint density at radius 2 is 2.47 bits per heavy atom. The van der Waals surface area contributed by atoms with Crippen molar-refractivity contribution in [2.45, 2.75) is 19.9 Å². The first-order valence-electron chi connectivity index (χ1n) is 5.27. The van der Waals surface area contributed by atoms with Gasteiger partial charge in [0.2, 0.25) is 5.82 Å². The van der Waals surface area contributed by atoms with E-state index in [1.165, 1.54) is 11.1 Å². The van der Waals surface area contributed by atoms with Crippen LogP contribution in [0.2, 0.25) is 0 Å². The minimum Gasteiger partial charge on any atom is -0.464 e. The van der Waals surface area contributed by atoms with Gasteiger partial charge in [0.05, 0.1) is 12.9 Å². The number of carbonyl (C=O) groups excluding carboxylic acids is 1. The van der Waals surface area contributed by atoms with Crippen molar-refractivity contribution in [2.24, 2.45) is 0 Å². The highest BCUT2D eigenvalue weighted by Gasteiger charge is 2.11. The third-order valence-corrected chi connectivity index (χ3v) is 1.93. The molecular weight excluding hydrogens is 224 g/mol. The van der Waals surface area contributed by atoms with Crippen LogP contribution in [-0.4, -0.2) is 32.8 Å². The van der Waals surface area contributed by atoms with Crippen molar-refractivity contribution in [3.63, 3.8) is 0 Å². The number of carbonyl (C=O) groups is 1. The lowest BCUT2D eigenvalue weighted by atomic mass is 10.4. The molecular formula is C10H12N4O3. The summed E-state index contributed by atoms with van der Waals surface area (Å²) in [7, 11) is 0. The van der Waals surface area contributed by atoms with Crippen molar-refractivity contribution in [1.29, 1.82) is 0 Å². The number of tetrazole rings is 1. The molecule has 0 fully saturated rings. The van der Waals surface area contributed by atoms with Gasteiger partial charge in [0, 0.05) is 0 Å². The Kier molecular flexibility index (Phi) is 3.49. The summed E-state index contributed by atoms with van der Waals surface area (Å²) in [5.41, 5.74) is 0. The monoisotopic (exact) mass is 236 g/mol. The molecule has 0 bridgehead atoms. The molecule has 2 heterocycles. The third kappa shape index (κ3) is 2.90. The van der Waals surface area contributed by atoms with E-state index in [9.17, 15) is 4.79 Å². The summed E-state index contributed by atoms with van der Waals surface area (Å²) < 4.78 is 10.0. The van der Waals surface area contributed by atoms with E-state index in [1.807, 2.05) is 6.92 Å². The molecule has 0 N–H and O–H groups in total. The molecule has 0 aromatic carbocycles. The molecule has 0 aliphatic carbocycles. The molecule has 0 atom stereocenters. The van der Waals surface area contributed by atoms with Crippen LogP contribution in [-0.2, 0) is 16.1 Å². The number of ether oxygens (including phenoxy) is 1. The van der Waals surface area contributed by atoms with Crippen LogP contribution in [0.1, 0.15) is 13.3 Å². The molecule has 0 radical (unpaired) electrons. The van der Waals surface area contributed by atoms with Gasteiger partial charge in [0.1, 0.15) is 0 Å². The third-order valence-electron chi connectivity index (χ3n) is 1.93. The lowest BCUT2D eigenvalue weighted by molar-refractivity contribution is -0.144. The topological polar surface area (TPSA) is 83.0 Å². The maximum Gasteiger partial charge on any atom is 0.329 e. The van der Waals surface area contributed by atoms with Gasteiger partial charge >= 0.3 is 5.97 Å². The van der Waals surface area contributed by atoms with Gasteiger partial charge in [0.25, 0.3) is 0 Å². The highest BCUT2D eigenvalue weighted by atomic mass is 16.5. The summed E-state index contributed by atoms with van der Waals surface area (Å²) in [5.74, 6) is 0.478. The predicted octanol–water partition coefficient (Wildman–Crippen LogP) is 0.886. The Morgan fingerprint density at radius 1 is 1.59 bits per heavy atom. The van der Waals surface area contributed by atoms with Gasteiger partial charge in [-0.15, -0.1) is 10.2 Å². The molecule has 0 spiro atoms. The number of hydrogen-bond acceptors (Lipinski definition) is 6. The Balaban J connectivity index is 1.97. The Bertz CT molecular complexity index is 477. The average molecular weight is 236 g/mol. The number of esters is 1. The smallest absolute Gasteiger partial charge is 0.329 e. The minimum atomic E-state index is -0.379. The maximum atomic E-state index is 11.3. The van der Waals surface area contributed by atoms with Gasteiger partial charge in [-0.1, -0.05) is 6.92 Å². The number of nitrogens with zero attached hydrogens (tertiary/aromatic N) is 4. The average Bonchev–Trinajstić information content (AvgIpc) is 2.95. The summed E-state index contributed by atoms with van der Waals surface area (Å²) in [6.07, 6.45) is 2.31. The molecule has 7 nitrogen and oxygen atoms in total. The van der Waals surface area contributed by atoms with E-state index < -0.39 is 0 Å². The van der Waals surface area contributed by atoms with E-state index in [0.717, 1.165) is 6.42 Å². The number of aromatic nitrogens is 4. The second-order valence-corrected chi connectivity index (χ2v) is 3.34. The van der Waals surface area contributed by atoms with Crippen molar-refractivity contribution < 1.29 is 13.9 Å². The Hall–Kier alpha value is -2.18. The van der Waals surface area contributed by atoms with E-state index in [4.69, 9.17) is 9.15 Å². The van der Waals surface area contributed by atoms with Crippen LogP contribution in [0, 0.1) is 0 Å². The lowest BCUT2D eigenvalue weighted by Crippen LogP contribution is -2.16. The normalized spacial score (nSPS) is 10.4. The molecule has 0 aliphatic heterocycles. The van der Waals surface area contributed by atoms with E-state index in [-0.39, 0.29) is 12.5 Å². The first-order chi connectivity index (χ1) is 8.29. The van der Waals surface area contributed by atoms with Crippen molar-refractivity contribution in [3.05, 3.63) is 18.4 Å². The van der Waals surface area contributed by atoms with Crippen LogP contribution in [0.25, 0.3) is 11.6 Å². The van der Waals surface area contributed by atoms with Crippen LogP contribution in [0.4, 0.5) is 0 Å². The lowest BCUT2D eigenvalue weighted by Gasteiger charge is -2.00. The van der Waals surface area contributed by atoms with Crippen LogP contribution in [0.15, 0.2) is 22.8 Å². The summed E-state index contributed by atoms with van der Waals surface area (Å²) >= 11 is 0.